The second-order valence-corrected chi connectivity index (χ2v) is 5.93. The minimum absolute atomic E-state index is 0.179. The first-order chi connectivity index (χ1) is 9.28. The van der Waals surface area contributed by atoms with Gasteiger partial charge >= 0.3 is 0 Å². The summed E-state index contributed by atoms with van der Waals surface area (Å²) in [6, 6.07) is 5.08. The SMILES string of the molecule is COc1ccc(CNCC(C2CC2)C2CC2)c(F)c1. The Bertz CT molecular complexity index is 428. The summed E-state index contributed by atoms with van der Waals surface area (Å²) in [5.74, 6) is 3.12. The third-order valence-corrected chi connectivity index (χ3v) is 4.41. The van der Waals surface area contributed by atoms with E-state index < -0.39 is 0 Å². The number of nitrogens with one attached hydrogen (secondary N) is 1. The van der Waals surface area contributed by atoms with Gasteiger partial charge in [0.2, 0.25) is 0 Å². The number of rotatable bonds is 7. The summed E-state index contributed by atoms with van der Waals surface area (Å²) in [7, 11) is 1.56. The van der Waals surface area contributed by atoms with Gasteiger partial charge in [0.25, 0.3) is 0 Å². The van der Waals surface area contributed by atoms with Crippen LogP contribution >= 0.6 is 0 Å². The molecule has 2 aliphatic carbocycles. The van der Waals surface area contributed by atoms with Crippen LogP contribution in [-0.4, -0.2) is 13.7 Å². The maximum absolute atomic E-state index is 13.8. The van der Waals surface area contributed by atoms with Gasteiger partial charge in [-0.1, -0.05) is 6.07 Å². The molecular weight excluding hydrogens is 241 g/mol. The first-order valence-corrected chi connectivity index (χ1v) is 7.31. The van der Waals surface area contributed by atoms with Crippen molar-refractivity contribution in [3.05, 3.63) is 29.6 Å². The first-order valence-electron chi connectivity index (χ1n) is 7.31. The topological polar surface area (TPSA) is 21.3 Å². The van der Waals surface area contributed by atoms with E-state index >= 15 is 0 Å². The van der Waals surface area contributed by atoms with E-state index in [1.54, 1.807) is 7.11 Å². The van der Waals surface area contributed by atoms with E-state index in [-0.39, 0.29) is 5.82 Å². The van der Waals surface area contributed by atoms with Gasteiger partial charge < -0.3 is 10.1 Å². The Kier molecular flexibility index (Phi) is 3.74. The molecule has 0 bridgehead atoms. The Hall–Kier alpha value is -1.09. The summed E-state index contributed by atoms with van der Waals surface area (Å²) in [6.07, 6.45) is 5.61. The molecule has 0 saturated heterocycles. The zero-order chi connectivity index (χ0) is 13.2. The van der Waals surface area contributed by atoms with Crippen LogP contribution in [0.1, 0.15) is 31.2 Å². The molecule has 0 radical (unpaired) electrons. The number of ether oxygens (including phenoxy) is 1. The van der Waals surface area contributed by atoms with Crippen LogP contribution in [0.2, 0.25) is 0 Å². The Labute approximate surface area is 114 Å². The highest BCUT2D eigenvalue weighted by molar-refractivity contribution is 5.28. The fourth-order valence-electron chi connectivity index (χ4n) is 2.94. The molecule has 0 aromatic heterocycles. The second kappa shape index (κ2) is 5.49. The molecule has 19 heavy (non-hydrogen) atoms. The number of hydrogen-bond acceptors (Lipinski definition) is 2. The van der Waals surface area contributed by atoms with Crippen molar-refractivity contribution in [2.24, 2.45) is 17.8 Å². The van der Waals surface area contributed by atoms with E-state index in [9.17, 15) is 4.39 Å². The van der Waals surface area contributed by atoms with Gasteiger partial charge in [-0.05, 0) is 56.0 Å². The summed E-state index contributed by atoms with van der Waals surface area (Å²) < 4.78 is 18.8. The standard InChI is InChI=1S/C16H22FNO/c1-19-14-7-6-13(16(17)8-14)9-18-10-15(11-2-3-11)12-4-5-12/h6-8,11-12,15,18H,2-5,9-10H2,1H3. The van der Waals surface area contributed by atoms with Crippen molar-refractivity contribution in [3.8, 4) is 5.75 Å². The molecule has 2 aliphatic rings. The number of benzene rings is 1. The van der Waals surface area contributed by atoms with E-state index in [1.165, 1.54) is 31.7 Å². The lowest BCUT2D eigenvalue weighted by atomic mass is 9.98. The monoisotopic (exact) mass is 263 g/mol. The molecule has 2 nitrogen and oxygen atoms in total. The van der Waals surface area contributed by atoms with E-state index in [1.807, 2.05) is 12.1 Å². The van der Waals surface area contributed by atoms with Crippen LogP contribution < -0.4 is 10.1 Å². The molecule has 104 valence electrons. The van der Waals surface area contributed by atoms with Gasteiger partial charge in [0.15, 0.2) is 0 Å². The average Bonchev–Trinajstić information content (AvgIpc) is 3.28. The highest BCUT2D eigenvalue weighted by Crippen LogP contribution is 2.48. The quantitative estimate of drug-likeness (QED) is 0.814. The number of hydrogen-bond donors (Lipinski definition) is 1. The summed E-state index contributed by atoms with van der Waals surface area (Å²) in [5, 5.41) is 3.44. The lowest BCUT2D eigenvalue weighted by Gasteiger charge is -2.16. The minimum atomic E-state index is -0.179. The lowest BCUT2D eigenvalue weighted by Crippen LogP contribution is -2.25. The molecule has 1 N–H and O–H groups in total. The predicted octanol–water partition coefficient (Wildman–Crippen LogP) is 3.36. The van der Waals surface area contributed by atoms with Gasteiger partial charge in [0.1, 0.15) is 11.6 Å². The van der Waals surface area contributed by atoms with Crippen molar-refractivity contribution < 1.29 is 9.13 Å². The molecule has 0 heterocycles. The fraction of sp³-hybridized carbons (Fsp3) is 0.625. The van der Waals surface area contributed by atoms with Gasteiger partial charge in [-0.25, -0.2) is 4.39 Å². The van der Waals surface area contributed by atoms with Crippen molar-refractivity contribution >= 4 is 0 Å². The summed E-state index contributed by atoms with van der Waals surface area (Å²) >= 11 is 0. The molecule has 1 aromatic rings. The second-order valence-electron chi connectivity index (χ2n) is 5.93. The maximum Gasteiger partial charge on any atom is 0.131 e. The Balaban J connectivity index is 1.51. The molecule has 0 aliphatic heterocycles. The molecule has 3 heteroatoms. The van der Waals surface area contributed by atoms with Gasteiger partial charge in [0, 0.05) is 18.2 Å². The van der Waals surface area contributed by atoms with Gasteiger partial charge in [-0.2, -0.15) is 0 Å². The summed E-state index contributed by atoms with van der Waals surface area (Å²) in [4.78, 5) is 0. The maximum atomic E-state index is 13.8. The first kappa shape index (κ1) is 12.9. The van der Waals surface area contributed by atoms with Crippen LogP contribution in [0.15, 0.2) is 18.2 Å². The Morgan fingerprint density at radius 3 is 2.47 bits per heavy atom. The Morgan fingerprint density at radius 2 is 1.95 bits per heavy atom. The third kappa shape index (κ3) is 3.27. The van der Waals surface area contributed by atoms with Crippen LogP contribution in [0.3, 0.4) is 0 Å². The van der Waals surface area contributed by atoms with Crippen molar-refractivity contribution in [2.75, 3.05) is 13.7 Å². The molecule has 0 amide bonds. The van der Waals surface area contributed by atoms with Crippen LogP contribution in [-0.2, 0) is 6.54 Å². The van der Waals surface area contributed by atoms with Crippen molar-refractivity contribution in [3.63, 3.8) is 0 Å². The van der Waals surface area contributed by atoms with Crippen LogP contribution in [0.4, 0.5) is 4.39 Å². The normalized spacial score (nSPS) is 18.9. The van der Waals surface area contributed by atoms with Gasteiger partial charge in [-0.3, -0.25) is 0 Å². The predicted molar refractivity (Wildman–Crippen MR) is 73.6 cm³/mol. The largest absolute Gasteiger partial charge is 0.497 e. The lowest BCUT2D eigenvalue weighted by molar-refractivity contribution is 0.376. The number of methoxy groups -OCH3 is 1. The molecule has 0 spiro atoms. The van der Waals surface area contributed by atoms with E-state index in [0.29, 0.717) is 12.3 Å². The molecule has 0 unspecified atom stereocenters. The average molecular weight is 263 g/mol. The van der Waals surface area contributed by atoms with Crippen molar-refractivity contribution in [1.29, 1.82) is 0 Å². The minimum Gasteiger partial charge on any atom is -0.497 e. The van der Waals surface area contributed by atoms with Crippen LogP contribution in [0, 0.1) is 23.6 Å². The highest BCUT2D eigenvalue weighted by atomic mass is 19.1. The van der Waals surface area contributed by atoms with Gasteiger partial charge in [-0.15, -0.1) is 0 Å². The molecule has 3 rings (SSSR count). The zero-order valence-corrected chi connectivity index (χ0v) is 11.5. The third-order valence-electron chi connectivity index (χ3n) is 4.41. The molecular formula is C16H22FNO. The van der Waals surface area contributed by atoms with E-state index in [0.717, 1.165) is 29.9 Å². The number of halogens is 1. The fourth-order valence-corrected chi connectivity index (χ4v) is 2.94. The van der Waals surface area contributed by atoms with E-state index in [4.69, 9.17) is 4.74 Å². The van der Waals surface area contributed by atoms with Crippen LogP contribution in [0.5, 0.6) is 5.75 Å². The molecule has 1 aromatic carbocycles. The van der Waals surface area contributed by atoms with Gasteiger partial charge in [0.05, 0.1) is 7.11 Å². The molecule has 2 fully saturated rings. The summed E-state index contributed by atoms with van der Waals surface area (Å²) in [6.45, 7) is 1.66. The summed E-state index contributed by atoms with van der Waals surface area (Å²) in [5.41, 5.74) is 0.728. The molecule has 2 saturated carbocycles. The van der Waals surface area contributed by atoms with Crippen LogP contribution in [0.25, 0.3) is 0 Å². The highest BCUT2D eigenvalue weighted by Gasteiger charge is 2.40. The van der Waals surface area contributed by atoms with Crippen molar-refractivity contribution in [1.82, 2.24) is 5.32 Å². The van der Waals surface area contributed by atoms with Crippen molar-refractivity contribution in [2.45, 2.75) is 32.2 Å². The zero-order valence-electron chi connectivity index (χ0n) is 11.5. The van der Waals surface area contributed by atoms with E-state index in [2.05, 4.69) is 5.32 Å². The Morgan fingerprint density at radius 1 is 1.26 bits per heavy atom. The smallest absolute Gasteiger partial charge is 0.131 e. The molecule has 0 atom stereocenters.